The van der Waals surface area contributed by atoms with Gasteiger partial charge in [0.25, 0.3) is 0 Å². The molecule has 12 rings (SSSR count). The standard InChI is InChI=1S/C80H141O3P/c1-53(2)57-21-29-65-61(45-57)25-33-69-73(9,37-17-41-77(65,69)13)49-81-84(52-76(12)40-20-44-80(16)68-32-24-60(56(7)8)48-64(68)28-36-72(76)80,82-50-74(10)38-18-42-78(14)66-30-22-58(54(3)4)46-62(66)26-34-70(74)78)83-51-75(11)39-19-43-79(15)67-31-23-59(55(5)6)47-63(67)27-35-71(75)79/h53-72,84H,17-52H2,1-16H3/t57?,58?,59?,60?,61?,62?,63?,64?,65-,66-,67-,68-,69?,70?,71?,72?,73-,74-,75-,76-,77-,78-,79-,80-/m1/s1. The van der Waals surface area contributed by atoms with Gasteiger partial charge in [0.05, 0.1) is 0 Å². The Balaban J connectivity index is 0.911. The molecule has 0 aromatic carbocycles. The van der Waals surface area contributed by atoms with Gasteiger partial charge in [-0.3, -0.25) is 0 Å². The van der Waals surface area contributed by atoms with E-state index in [4.69, 9.17) is 13.6 Å². The molecule has 0 bridgehead atoms. The van der Waals surface area contributed by atoms with Gasteiger partial charge < -0.3 is 0 Å². The van der Waals surface area contributed by atoms with E-state index in [9.17, 15) is 0 Å². The van der Waals surface area contributed by atoms with Gasteiger partial charge in [0.15, 0.2) is 0 Å². The van der Waals surface area contributed by atoms with Gasteiger partial charge in [-0.15, -0.1) is 0 Å². The molecule has 0 radical (unpaired) electrons. The van der Waals surface area contributed by atoms with Crippen LogP contribution in [0, 0.1) is 162 Å². The molecule has 0 amide bonds. The van der Waals surface area contributed by atoms with Crippen molar-refractivity contribution in [2.75, 3.05) is 26.0 Å². The maximum absolute atomic E-state index is 8.61. The van der Waals surface area contributed by atoms with E-state index in [1.807, 2.05) is 0 Å². The molecule has 12 fully saturated rings. The van der Waals surface area contributed by atoms with Crippen molar-refractivity contribution in [3.8, 4) is 0 Å². The number of hydrogen-bond donors (Lipinski definition) is 0. The Morgan fingerprint density at radius 1 is 0.298 bits per heavy atom. The fourth-order valence-corrected chi connectivity index (χ4v) is 32.4. The Hall–Kier alpha value is 0.310. The summed E-state index contributed by atoms with van der Waals surface area (Å²) in [7, 11) is -3.44. The third kappa shape index (κ3) is 11.3. The summed E-state index contributed by atoms with van der Waals surface area (Å²) in [5, 5.41) is 0. The number of hydrogen-bond acceptors (Lipinski definition) is 3. The second kappa shape index (κ2) is 24.0. The quantitative estimate of drug-likeness (QED) is 0.153. The molecule has 84 heavy (non-hydrogen) atoms. The fourth-order valence-electron chi connectivity index (χ4n) is 28.8. The molecule has 0 aromatic rings. The van der Waals surface area contributed by atoms with E-state index < -0.39 is 7.94 Å². The number of rotatable bonds is 15. The second-order valence-corrected chi connectivity index (χ2v) is 41.6. The Bertz CT molecular complexity index is 2050. The molecule has 4 heteroatoms. The molecule has 0 saturated heterocycles. The third-order valence-corrected chi connectivity index (χ3v) is 36.4. The molecule has 12 saturated carbocycles. The molecular formula is C80H141O3P. The summed E-state index contributed by atoms with van der Waals surface area (Å²) >= 11 is 0. The van der Waals surface area contributed by atoms with Crippen LogP contribution in [0.2, 0.25) is 0 Å². The average molecular weight is 1180 g/mol. The molecule has 0 aromatic heterocycles. The van der Waals surface area contributed by atoms with Gasteiger partial charge in [-0.05, 0) is 0 Å². The van der Waals surface area contributed by atoms with Crippen molar-refractivity contribution in [3.63, 3.8) is 0 Å². The van der Waals surface area contributed by atoms with E-state index in [1.165, 1.54) is 205 Å². The zero-order chi connectivity index (χ0) is 59.6. The third-order valence-electron chi connectivity index (χ3n) is 33.4. The normalized spacial score (nSPS) is 51.6. The second-order valence-electron chi connectivity index (χ2n) is 39.0. The molecular weight excluding hydrogens is 1040 g/mol. The predicted molar refractivity (Wildman–Crippen MR) is 359 cm³/mol. The zero-order valence-electron chi connectivity index (χ0n) is 58.7. The van der Waals surface area contributed by atoms with Crippen LogP contribution in [0.1, 0.15) is 316 Å². The van der Waals surface area contributed by atoms with Crippen LogP contribution in [0.3, 0.4) is 0 Å². The molecule has 24 atom stereocenters. The van der Waals surface area contributed by atoms with E-state index in [-0.39, 0.29) is 21.7 Å². The molecule has 12 aliphatic carbocycles. The topological polar surface area (TPSA) is 27.7 Å². The van der Waals surface area contributed by atoms with Crippen molar-refractivity contribution < 1.29 is 13.6 Å². The molecule has 484 valence electrons. The Morgan fingerprint density at radius 2 is 0.536 bits per heavy atom. The summed E-state index contributed by atoms with van der Waals surface area (Å²) in [6.07, 6.45) is 46.7. The summed E-state index contributed by atoms with van der Waals surface area (Å²) in [4.78, 5) is 0. The van der Waals surface area contributed by atoms with Gasteiger partial charge >= 0.3 is 525 Å². The first-order valence-corrected chi connectivity index (χ1v) is 40.6. The van der Waals surface area contributed by atoms with E-state index in [0.717, 1.165) is 144 Å². The summed E-state index contributed by atoms with van der Waals surface area (Å²) < 4.78 is 25.8. The van der Waals surface area contributed by atoms with Crippen LogP contribution in [-0.4, -0.2) is 26.0 Å². The summed E-state index contributed by atoms with van der Waals surface area (Å²) in [6.45, 7) is 45.4. The van der Waals surface area contributed by atoms with Gasteiger partial charge in [0.2, 0.25) is 0 Å². The van der Waals surface area contributed by atoms with Gasteiger partial charge in [-0.2, -0.15) is 0 Å². The molecule has 3 nitrogen and oxygen atoms in total. The Morgan fingerprint density at radius 3 is 0.786 bits per heavy atom. The molecule has 0 aliphatic heterocycles. The van der Waals surface area contributed by atoms with E-state index in [0.29, 0.717) is 21.7 Å². The fraction of sp³-hybridized carbons (Fsp3) is 1.00. The van der Waals surface area contributed by atoms with E-state index >= 15 is 0 Å². The first-order valence-electron chi connectivity index (χ1n) is 38.6. The SMILES string of the molecule is CC(C)C1CC[C@@H]2C(CCC3[C@@](C)(CO[PH](C[C@@]4(C)CCC[C@@]5(C)C4CCC4CC(C(C)C)CC[C@H]45)(OC[C@@]4(C)CCC[C@@]5(C)C4CCC4CC(C(C)C)CC[C@H]45)OC[C@@]4(C)CCC[C@@]5(C)C4CCC4CC(C(C)C)CC[C@H]45)CCC[C@@]32C)C1. The molecule has 0 N–H and O–H groups in total. The number of fused-ring (bicyclic) bond motifs is 12. The molecule has 12 unspecified atom stereocenters. The monoisotopic (exact) mass is 1180 g/mol. The predicted octanol–water partition coefficient (Wildman–Crippen LogP) is 23.7. The minimum absolute atomic E-state index is 0.147. The summed E-state index contributed by atoms with van der Waals surface area (Å²) in [5.74, 6) is 17.1. The molecule has 0 heterocycles. The van der Waals surface area contributed by atoms with Crippen LogP contribution in [0.4, 0.5) is 0 Å². The van der Waals surface area contributed by atoms with Gasteiger partial charge in [0.1, 0.15) is 0 Å². The Labute approximate surface area is 522 Å². The van der Waals surface area contributed by atoms with Crippen LogP contribution >= 0.6 is 7.94 Å². The van der Waals surface area contributed by atoms with Crippen LogP contribution in [0.5, 0.6) is 0 Å². The first-order chi connectivity index (χ1) is 39.7. The van der Waals surface area contributed by atoms with Gasteiger partial charge in [0, 0.05) is 0 Å². The van der Waals surface area contributed by atoms with Crippen molar-refractivity contribution in [2.24, 2.45) is 162 Å². The summed E-state index contributed by atoms with van der Waals surface area (Å²) in [5.41, 5.74) is 2.24. The van der Waals surface area contributed by atoms with Crippen molar-refractivity contribution in [3.05, 3.63) is 0 Å². The molecule has 12 aliphatic rings. The van der Waals surface area contributed by atoms with Crippen LogP contribution < -0.4 is 0 Å². The van der Waals surface area contributed by atoms with Crippen molar-refractivity contribution >= 4 is 7.94 Å². The average Bonchev–Trinajstić information content (AvgIpc) is 0.974. The van der Waals surface area contributed by atoms with Crippen LogP contribution in [0.25, 0.3) is 0 Å². The summed E-state index contributed by atoms with van der Waals surface area (Å²) in [6, 6.07) is 0. The zero-order valence-corrected chi connectivity index (χ0v) is 59.7. The van der Waals surface area contributed by atoms with E-state index in [2.05, 4.69) is 111 Å². The van der Waals surface area contributed by atoms with Gasteiger partial charge in [-0.1, -0.05) is 0 Å². The first kappa shape index (κ1) is 64.4. The van der Waals surface area contributed by atoms with Crippen molar-refractivity contribution in [1.82, 2.24) is 0 Å². The molecule has 0 spiro atoms. The van der Waals surface area contributed by atoms with E-state index in [1.54, 1.807) is 0 Å². The maximum atomic E-state index is 8.61. The minimum atomic E-state index is -3.44. The van der Waals surface area contributed by atoms with Crippen molar-refractivity contribution in [1.29, 1.82) is 0 Å². The Kier molecular flexibility index (Phi) is 18.4. The van der Waals surface area contributed by atoms with Crippen molar-refractivity contribution in [2.45, 2.75) is 316 Å². The van der Waals surface area contributed by atoms with Crippen LogP contribution in [-0.2, 0) is 13.6 Å². The van der Waals surface area contributed by atoms with Crippen LogP contribution in [0.15, 0.2) is 0 Å². The van der Waals surface area contributed by atoms with Gasteiger partial charge in [-0.25, -0.2) is 0 Å².